The Kier molecular flexibility index (Phi) is 5.85. The van der Waals surface area contributed by atoms with Crippen LogP contribution in [0.1, 0.15) is 16.8 Å². The minimum Gasteiger partial charge on any atom is -0.494 e. The molecule has 0 amide bonds. The summed E-state index contributed by atoms with van der Waals surface area (Å²) in [6.07, 6.45) is 1.58. The Labute approximate surface area is 191 Å². The van der Waals surface area contributed by atoms with Crippen LogP contribution in [0.4, 0.5) is 5.69 Å². The lowest BCUT2D eigenvalue weighted by Crippen LogP contribution is -2.13. The van der Waals surface area contributed by atoms with Crippen LogP contribution in [0.3, 0.4) is 0 Å². The molecule has 0 saturated carbocycles. The molecule has 0 fully saturated rings. The Morgan fingerprint density at radius 2 is 1.88 bits per heavy atom. The second-order valence-electron chi connectivity index (χ2n) is 7.27. The van der Waals surface area contributed by atoms with Crippen molar-refractivity contribution in [3.63, 3.8) is 0 Å². The fourth-order valence-electron chi connectivity index (χ4n) is 3.48. The SMILES string of the molecule is COc1ccc(S(=O)(=O)Nc2cccc(Oc3nc(C)cc(C)c3C#N)c2)c2cccnc12. The summed E-state index contributed by atoms with van der Waals surface area (Å²) in [6.45, 7) is 3.61. The fraction of sp³-hybridized carbons (Fsp3) is 0.125. The normalized spacial score (nSPS) is 11.1. The Morgan fingerprint density at radius 1 is 1.06 bits per heavy atom. The van der Waals surface area contributed by atoms with E-state index in [1.165, 1.54) is 19.2 Å². The van der Waals surface area contributed by atoms with Gasteiger partial charge in [0.2, 0.25) is 5.88 Å². The first-order valence-corrected chi connectivity index (χ1v) is 11.4. The minimum atomic E-state index is -3.95. The zero-order valence-electron chi connectivity index (χ0n) is 18.2. The molecule has 0 aliphatic rings. The van der Waals surface area contributed by atoms with Crippen LogP contribution in [0.5, 0.6) is 17.4 Å². The van der Waals surface area contributed by atoms with Gasteiger partial charge in [-0.25, -0.2) is 13.4 Å². The van der Waals surface area contributed by atoms with Crippen molar-refractivity contribution in [2.24, 2.45) is 0 Å². The Bertz CT molecular complexity index is 1510. The molecule has 8 nitrogen and oxygen atoms in total. The number of hydrogen-bond donors (Lipinski definition) is 1. The summed E-state index contributed by atoms with van der Waals surface area (Å²) < 4.78 is 40.1. The number of fused-ring (bicyclic) bond motifs is 1. The molecule has 0 aliphatic carbocycles. The van der Waals surface area contributed by atoms with E-state index in [2.05, 4.69) is 20.8 Å². The quantitative estimate of drug-likeness (QED) is 0.443. The molecule has 166 valence electrons. The molecular weight excluding hydrogens is 440 g/mol. The Hall–Kier alpha value is -4.16. The monoisotopic (exact) mass is 460 g/mol. The van der Waals surface area contributed by atoms with E-state index in [4.69, 9.17) is 9.47 Å². The smallest absolute Gasteiger partial charge is 0.262 e. The zero-order chi connectivity index (χ0) is 23.6. The lowest BCUT2D eigenvalue weighted by Gasteiger charge is -2.13. The largest absolute Gasteiger partial charge is 0.494 e. The van der Waals surface area contributed by atoms with Crippen LogP contribution in [0.15, 0.2) is 65.7 Å². The molecule has 0 saturated heterocycles. The van der Waals surface area contributed by atoms with Crippen molar-refractivity contribution in [1.29, 1.82) is 5.26 Å². The highest BCUT2D eigenvalue weighted by atomic mass is 32.2. The van der Waals surface area contributed by atoms with Crippen LogP contribution in [0.25, 0.3) is 10.9 Å². The molecule has 0 unspecified atom stereocenters. The van der Waals surface area contributed by atoms with E-state index in [1.807, 2.05) is 0 Å². The van der Waals surface area contributed by atoms with E-state index in [1.54, 1.807) is 62.5 Å². The highest BCUT2D eigenvalue weighted by Gasteiger charge is 2.20. The van der Waals surface area contributed by atoms with Gasteiger partial charge in [0.05, 0.1) is 17.7 Å². The molecule has 1 N–H and O–H groups in total. The maximum atomic E-state index is 13.2. The Morgan fingerprint density at radius 3 is 2.64 bits per heavy atom. The summed E-state index contributed by atoms with van der Waals surface area (Å²) in [6, 6.07) is 16.7. The molecule has 2 aromatic carbocycles. The van der Waals surface area contributed by atoms with Crippen LogP contribution in [0, 0.1) is 25.2 Å². The number of nitrogens with one attached hydrogen (secondary N) is 1. The number of nitriles is 1. The van der Waals surface area contributed by atoms with Crippen molar-refractivity contribution in [2.45, 2.75) is 18.7 Å². The highest BCUT2D eigenvalue weighted by molar-refractivity contribution is 7.93. The van der Waals surface area contributed by atoms with Gasteiger partial charge in [0.1, 0.15) is 28.6 Å². The summed E-state index contributed by atoms with van der Waals surface area (Å²) in [5.74, 6) is 0.988. The number of rotatable bonds is 6. The average molecular weight is 461 g/mol. The minimum absolute atomic E-state index is 0.0699. The molecule has 2 aromatic heterocycles. The van der Waals surface area contributed by atoms with Gasteiger partial charge in [-0.15, -0.1) is 0 Å². The summed E-state index contributed by atoms with van der Waals surface area (Å²) in [5.41, 5.74) is 2.52. The Balaban J connectivity index is 1.68. The third-order valence-electron chi connectivity index (χ3n) is 4.93. The molecule has 0 aliphatic heterocycles. The first-order chi connectivity index (χ1) is 15.8. The van der Waals surface area contributed by atoms with Crippen molar-refractivity contribution in [2.75, 3.05) is 11.8 Å². The van der Waals surface area contributed by atoms with Gasteiger partial charge in [0, 0.05) is 23.3 Å². The molecule has 33 heavy (non-hydrogen) atoms. The summed E-state index contributed by atoms with van der Waals surface area (Å²) in [7, 11) is -2.45. The lowest BCUT2D eigenvalue weighted by molar-refractivity contribution is 0.418. The molecule has 0 radical (unpaired) electrons. The zero-order valence-corrected chi connectivity index (χ0v) is 19.0. The third kappa shape index (κ3) is 4.42. The number of aryl methyl sites for hydroxylation is 2. The number of benzene rings is 2. The number of hydrogen-bond acceptors (Lipinski definition) is 7. The molecule has 9 heteroatoms. The van der Waals surface area contributed by atoms with Gasteiger partial charge in [-0.05, 0) is 61.9 Å². The standard InChI is InChI=1S/C24H20N4O4S/c1-15-12-16(2)27-24(20(15)14-25)32-18-7-4-6-17(13-18)28-33(29,30)22-10-9-21(31-3)23-19(22)8-5-11-26-23/h4-13,28H,1-3H3. The van der Waals surface area contributed by atoms with Crippen molar-refractivity contribution in [3.05, 3.63) is 77.6 Å². The van der Waals surface area contributed by atoms with Crippen LogP contribution >= 0.6 is 0 Å². The molecule has 0 atom stereocenters. The predicted molar refractivity (Wildman–Crippen MR) is 124 cm³/mol. The van der Waals surface area contributed by atoms with Gasteiger partial charge in [-0.1, -0.05) is 6.07 Å². The molecule has 0 spiro atoms. The molecule has 4 aromatic rings. The van der Waals surface area contributed by atoms with Crippen molar-refractivity contribution >= 4 is 26.6 Å². The second-order valence-corrected chi connectivity index (χ2v) is 8.92. The van der Waals surface area contributed by atoms with Crippen LogP contribution in [0.2, 0.25) is 0 Å². The van der Waals surface area contributed by atoms with Crippen molar-refractivity contribution < 1.29 is 17.9 Å². The maximum Gasteiger partial charge on any atom is 0.262 e. The van der Waals surface area contributed by atoms with Crippen molar-refractivity contribution in [3.8, 4) is 23.4 Å². The average Bonchev–Trinajstić information content (AvgIpc) is 2.78. The van der Waals surface area contributed by atoms with Gasteiger partial charge >= 0.3 is 0 Å². The molecule has 4 rings (SSSR count). The van der Waals surface area contributed by atoms with E-state index in [-0.39, 0.29) is 10.8 Å². The van der Waals surface area contributed by atoms with E-state index in [9.17, 15) is 13.7 Å². The van der Waals surface area contributed by atoms with Gasteiger partial charge in [0.25, 0.3) is 10.0 Å². The van der Waals surface area contributed by atoms with Gasteiger partial charge in [-0.3, -0.25) is 9.71 Å². The molecular formula is C24H20N4O4S. The topological polar surface area (TPSA) is 114 Å². The summed E-state index contributed by atoms with van der Waals surface area (Å²) in [5, 5.41) is 9.89. The van der Waals surface area contributed by atoms with Gasteiger partial charge in [-0.2, -0.15) is 5.26 Å². The van der Waals surface area contributed by atoms with Crippen LogP contribution in [-0.2, 0) is 10.0 Å². The number of sulfonamides is 1. The summed E-state index contributed by atoms with van der Waals surface area (Å²) in [4.78, 5) is 8.62. The third-order valence-corrected chi connectivity index (χ3v) is 6.37. The van der Waals surface area contributed by atoms with Gasteiger partial charge < -0.3 is 9.47 Å². The number of nitrogens with zero attached hydrogens (tertiary/aromatic N) is 3. The maximum absolute atomic E-state index is 13.2. The first kappa shape index (κ1) is 22.0. The van der Waals surface area contributed by atoms with Gasteiger partial charge in [0.15, 0.2) is 0 Å². The number of pyridine rings is 2. The highest BCUT2D eigenvalue weighted by Crippen LogP contribution is 2.32. The first-order valence-electron chi connectivity index (χ1n) is 9.93. The number of aromatic nitrogens is 2. The van der Waals surface area contributed by atoms with E-state index in [0.29, 0.717) is 39.3 Å². The number of anilines is 1. The predicted octanol–water partition coefficient (Wildman–Crippen LogP) is 4.72. The molecule has 2 heterocycles. The second kappa shape index (κ2) is 8.76. The van der Waals surface area contributed by atoms with E-state index < -0.39 is 10.0 Å². The lowest BCUT2D eigenvalue weighted by atomic mass is 10.1. The summed E-state index contributed by atoms with van der Waals surface area (Å²) >= 11 is 0. The number of methoxy groups -OCH3 is 1. The fourth-order valence-corrected chi connectivity index (χ4v) is 4.73. The number of ether oxygens (including phenoxy) is 2. The van der Waals surface area contributed by atoms with Crippen molar-refractivity contribution in [1.82, 2.24) is 9.97 Å². The van der Waals surface area contributed by atoms with Crippen LogP contribution in [-0.4, -0.2) is 25.5 Å². The van der Waals surface area contributed by atoms with Crippen LogP contribution < -0.4 is 14.2 Å². The molecule has 0 bridgehead atoms. The van der Waals surface area contributed by atoms with E-state index in [0.717, 1.165) is 5.56 Å². The van der Waals surface area contributed by atoms with E-state index >= 15 is 0 Å².